The zero-order chi connectivity index (χ0) is 22.9. The Hall–Kier alpha value is -3.55. The van der Waals surface area contributed by atoms with E-state index < -0.39 is 17.6 Å². The normalized spacial score (nSPS) is 11.7. The molecule has 1 atom stereocenters. The molecule has 0 fully saturated rings. The van der Waals surface area contributed by atoms with E-state index in [1.807, 2.05) is 37.3 Å². The first-order chi connectivity index (χ1) is 15.5. The van der Waals surface area contributed by atoms with Gasteiger partial charge >= 0.3 is 5.97 Å². The van der Waals surface area contributed by atoms with Crippen molar-refractivity contribution in [3.63, 3.8) is 0 Å². The number of aryl methyl sites for hydroxylation is 1. The van der Waals surface area contributed by atoms with Crippen LogP contribution in [0.2, 0.25) is 0 Å². The summed E-state index contributed by atoms with van der Waals surface area (Å²) in [6.45, 7) is 1.64. The van der Waals surface area contributed by atoms with Crippen LogP contribution in [0.3, 0.4) is 0 Å². The van der Waals surface area contributed by atoms with Crippen LogP contribution in [0.25, 0.3) is 11.3 Å². The number of nitrogens with one attached hydrogen (secondary N) is 1. The first kappa shape index (κ1) is 23.1. The Morgan fingerprint density at radius 3 is 2.66 bits per heavy atom. The number of halogens is 2. The molecule has 1 aromatic heterocycles. The number of hydrogen-bond donors (Lipinski definition) is 1. The van der Waals surface area contributed by atoms with Gasteiger partial charge < -0.3 is 14.5 Å². The Kier molecular flexibility index (Phi) is 8.08. The molecule has 0 saturated carbocycles. The molecule has 0 aliphatic carbocycles. The third-order valence-corrected chi connectivity index (χ3v) is 4.77. The number of carbonyl (C=O) groups is 2. The lowest BCUT2D eigenvalue weighted by atomic mass is 10.0. The summed E-state index contributed by atoms with van der Waals surface area (Å²) in [5.41, 5.74) is 1.07. The molecule has 0 bridgehead atoms. The number of benzene rings is 2. The third kappa shape index (κ3) is 6.47. The van der Waals surface area contributed by atoms with Crippen LogP contribution < -0.4 is 5.32 Å². The van der Waals surface area contributed by atoms with Gasteiger partial charge in [-0.1, -0.05) is 43.7 Å². The molecule has 0 saturated heterocycles. The number of carbonyl (C=O) groups excluding carboxylic acids is 2. The van der Waals surface area contributed by atoms with E-state index in [2.05, 4.69) is 10.3 Å². The molecular weight excluding hydrogens is 418 g/mol. The molecule has 3 aromatic rings. The van der Waals surface area contributed by atoms with Crippen LogP contribution in [-0.2, 0) is 20.7 Å². The number of oxazole rings is 1. The van der Waals surface area contributed by atoms with Crippen LogP contribution in [0.1, 0.15) is 43.7 Å². The predicted molar refractivity (Wildman–Crippen MR) is 113 cm³/mol. The number of hydrogen-bond acceptors (Lipinski definition) is 5. The highest BCUT2D eigenvalue weighted by Crippen LogP contribution is 2.24. The number of aromatic nitrogens is 1. The number of nitrogens with zero attached hydrogens (tertiary/aromatic N) is 1. The zero-order valence-corrected chi connectivity index (χ0v) is 17.6. The molecule has 8 heteroatoms. The molecule has 32 heavy (non-hydrogen) atoms. The van der Waals surface area contributed by atoms with E-state index in [1.54, 1.807) is 0 Å². The molecule has 1 amide bonds. The van der Waals surface area contributed by atoms with Gasteiger partial charge in [0.1, 0.15) is 11.6 Å². The second kappa shape index (κ2) is 11.2. The Morgan fingerprint density at radius 2 is 1.94 bits per heavy atom. The Balaban J connectivity index is 1.46. The molecule has 2 aromatic carbocycles. The summed E-state index contributed by atoms with van der Waals surface area (Å²) in [7, 11) is 0. The fourth-order valence-electron chi connectivity index (χ4n) is 3.20. The van der Waals surface area contributed by atoms with Gasteiger partial charge in [-0.15, -0.1) is 0 Å². The van der Waals surface area contributed by atoms with E-state index >= 15 is 0 Å². The minimum absolute atomic E-state index is 0.0593. The van der Waals surface area contributed by atoms with Crippen molar-refractivity contribution >= 4 is 11.9 Å². The van der Waals surface area contributed by atoms with Crippen LogP contribution in [0, 0.1) is 11.6 Å². The molecule has 6 nitrogen and oxygen atoms in total. The summed E-state index contributed by atoms with van der Waals surface area (Å²) < 4.78 is 37.4. The lowest BCUT2D eigenvalue weighted by Gasteiger charge is -2.18. The molecule has 168 valence electrons. The second-order valence-electron chi connectivity index (χ2n) is 7.22. The minimum atomic E-state index is -0.769. The predicted octanol–water partition coefficient (Wildman–Crippen LogP) is 4.75. The van der Waals surface area contributed by atoms with Crippen molar-refractivity contribution in [2.75, 3.05) is 6.61 Å². The quantitative estimate of drug-likeness (QED) is 0.458. The number of amides is 1. The van der Waals surface area contributed by atoms with E-state index in [-0.39, 0.29) is 48.6 Å². The van der Waals surface area contributed by atoms with Gasteiger partial charge in [-0.25, -0.2) is 13.8 Å². The first-order valence-electron chi connectivity index (χ1n) is 10.4. The van der Waals surface area contributed by atoms with Crippen molar-refractivity contribution in [2.45, 2.75) is 38.6 Å². The first-order valence-corrected chi connectivity index (χ1v) is 10.4. The lowest BCUT2D eigenvalue weighted by molar-refractivity contribution is -0.148. The molecule has 1 unspecified atom stereocenters. The maximum Gasteiger partial charge on any atom is 0.306 e. The van der Waals surface area contributed by atoms with Crippen molar-refractivity contribution in [3.05, 3.63) is 77.8 Å². The van der Waals surface area contributed by atoms with E-state index in [0.29, 0.717) is 0 Å². The smallest absolute Gasteiger partial charge is 0.306 e. The average molecular weight is 442 g/mol. The molecule has 0 radical (unpaired) electrons. The molecular formula is C24H24F2N2O4. The van der Waals surface area contributed by atoms with Crippen molar-refractivity contribution in [1.29, 1.82) is 0 Å². The minimum Gasteiger partial charge on any atom is -0.456 e. The Labute approximate surface area is 184 Å². The Morgan fingerprint density at radius 1 is 1.16 bits per heavy atom. The van der Waals surface area contributed by atoms with Gasteiger partial charge in [0.15, 0.2) is 18.3 Å². The summed E-state index contributed by atoms with van der Waals surface area (Å²) in [5, 5.41) is 2.88. The van der Waals surface area contributed by atoms with Gasteiger partial charge in [-0.3, -0.25) is 9.59 Å². The number of ether oxygens (including phenoxy) is 1. The summed E-state index contributed by atoms with van der Waals surface area (Å²) >= 11 is 0. The van der Waals surface area contributed by atoms with Gasteiger partial charge in [0.2, 0.25) is 0 Å². The molecule has 1 N–H and O–H groups in total. The average Bonchev–Trinajstić information content (AvgIpc) is 3.25. The summed E-state index contributed by atoms with van der Waals surface area (Å²) in [6.07, 6.45) is 3.02. The van der Waals surface area contributed by atoms with E-state index in [1.165, 1.54) is 12.3 Å². The Bertz CT molecular complexity index is 1050. The third-order valence-electron chi connectivity index (χ3n) is 4.77. The highest BCUT2D eigenvalue weighted by Gasteiger charge is 2.16. The van der Waals surface area contributed by atoms with Crippen molar-refractivity contribution < 1.29 is 27.5 Å². The highest BCUT2D eigenvalue weighted by atomic mass is 19.1. The zero-order valence-electron chi connectivity index (χ0n) is 17.6. The second-order valence-corrected chi connectivity index (χ2v) is 7.22. The SMILES string of the molecule is CCCC(NC(=O)COC(=O)CCc1ncc(-c2ccc(F)cc2F)o1)c1ccccc1. The molecule has 0 aliphatic heterocycles. The fourth-order valence-corrected chi connectivity index (χ4v) is 3.20. The van der Waals surface area contributed by atoms with Crippen LogP contribution >= 0.6 is 0 Å². The van der Waals surface area contributed by atoms with Crippen LogP contribution in [0.15, 0.2) is 59.1 Å². The molecule has 0 spiro atoms. The van der Waals surface area contributed by atoms with Crippen molar-refractivity contribution in [2.24, 2.45) is 0 Å². The maximum absolute atomic E-state index is 13.8. The molecule has 0 aliphatic rings. The van der Waals surface area contributed by atoms with Crippen LogP contribution in [0.5, 0.6) is 0 Å². The number of esters is 1. The monoisotopic (exact) mass is 442 g/mol. The van der Waals surface area contributed by atoms with Crippen molar-refractivity contribution in [3.8, 4) is 11.3 Å². The summed E-state index contributed by atoms with van der Waals surface area (Å²) in [5.74, 6) is -2.09. The lowest BCUT2D eigenvalue weighted by Crippen LogP contribution is -2.32. The van der Waals surface area contributed by atoms with Crippen LogP contribution in [-0.4, -0.2) is 23.5 Å². The van der Waals surface area contributed by atoms with Gasteiger partial charge in [-0.05, 0) is 24.1 Å². The van der Waals surface area contributed by atoms with Gasteiger partial charge in [-0.2, -0.15) is 0 Å². The van der Waals surface area contributed by atoms with Crippen molar-refractivity contribution in [1.82, 2.24) is 10.3 Å². The van der Waals surface area contributed by atoms with Gasteiger partial charge in [0, 0.05) is 12.5 Å². The summed E-state index contributed by atoms with van der Waals surface area (Å²) in [4.78, 5) is 28.2. The molecule has 1 heterocycles. The number of rotatable bonds is 10. The molecule has 3 rings (SSSR count). The van der Waals surface area contributed by atoms with E-state index in [4.69, 9.17) is 9.15 Å². The fraction of sp³-hybridized carbons (Fsp3) is 0.292. The maximum atomic E-state index is 13.8. The highest BCUT2D eigenvalue weighted by molar-refractivity contribution is 5.80. The standard InChI is InChI=1S/C24H24F2N2O4/c1-2-6-20(16-7-4-3-5-8-16)28-22(29)15-31-24(30)12-11-23-27-14-21(32-23)18-10-9-17(25)13-19(18)26/h3-5,7-10,13-14,20H,2,6,11-12,15H2,1H3,(H,28,29). The van der Waals surface area contributed by atoms with E-state index in [9.17, 15) is 18.4 Å². The van der Waals surface area contributed by atoms with Crippen LogP contribution in [0.4, 0.5) is 8.78 Å². The summed E-state index contributed by atoms with van der Waals surface area (Å²) in [6, 6.07) is 12.6. The largest absolute Gasteiger partial charge is 0.456 e. The van der Waals surface area contributed by atoms with E-state index in [0.717, 1.165) is 30.5 Å². The van der Waals surface area contributed by atoms with Gasteiger partial charge in [0.05, 0.1) is 24.2 Å². The van der Waals surface area contributed by atoms with Gasteiger partial charge in [0.25, 0.3) is 5.91 Å². The topological polar surface area (TPSA) is 81.4 Å².